The summed E-state index contributed by atoms with van der Waals surface area (Å²) in [4.78, 5) is 54.7. The van der Waals surface area contributed by atoms with Crippen LogP contribution in [0, 0.1) is 6.92 Å². The van der Waals surface area contributed by atoms with E-state index in [0.29, 0.717) is 29.5 Å². The Morgan fingerprint density at radius 3 is 2.28 bits per heavy atom. The van der Waals surface area contributed by atoms with Crippen molar-refractivity contribution in [2.24, 2.45) is 0 Å². The monoisotopic (exact) mass is 597 g/mol. The predicted octanol–water partition coefficient (Wildman–Crippen LogP) is 4.03. The van der Waals surface area contributed by atoms with E-state index < -0.39 is 41.6 Å². The summed E-state index contributed by atoms with van der Waals surface area (Å²) in [5.74, 6) is -1.34. The first-order chi connectivity index (χ1) is 20.3. The molecule has 43 heavy (non-hydrogen) atoms. The molecule has 0 spiro atoms. The van der Waals surface area contributed by atoms with Crippen molar-refractivity contribution >= 4 is 23.9 Å². The molecule has 11 nitrogen and oxygen atoms in total. The lowest BCUT2D eigenvalue weighted by molar-refractivity contribution is -0.148. The van der Waals surface area contributed by atoms with Crippen LogP contribution in [0.15, 0.2) is 42.5 Å². The van der Waals surface area contributed by atoms with Crippen molar-refractivity contribution in [3.63, 3.8) is 0 Å². The fraction of sp³-hybridized carbons (Fsp3) is 0.500. The normalized spacial score (nSPS) is 14.5. The quantitative estimate of drug-likeness (QED) is 0.267. The zero-order valence-electron chi connectivity index (χ0n) is 25.5. The number of nitrogens with one attached hydrogen (secondary N) is 2. The molecule has 0 saturated heterocycles. The molecule has 1 aliphatic rings. The van der Waals surface area contributed by atoms with Crippen LogP contribution in [0.2, 0.25) is 0 Å². The fourth-order valence-corrected chi connectivity index (χ4v) is 4.79. The number of amides is 3. The smallest absolute Gasteiger partial charge is 0.408 e. The van der Waals surface area contributed by atoms with Crippen LogP contribution < -0.4 is 10.6 Å². The molecule has 11 heteroatoms. The Morgan fingerprint density at radius 1 is 1.05 bits per heavy atom. The predicted molar refractivity (Wildman–Crippen MR) is 159 cm³/mol. The number of nitrogens with zero attached hydrogens (tertiary/aromatic N) is 1. The number of carbonyl (C=O) groups excluding carboxylic acids is 4. The molecule has 1 aliphatic carbocycles. The first-order valence-corrected chi connectivity index (χ1v) is 14.6. The number of aromatic hydroxyl groups is 2. The number of hydrogen-bond donors (Lipinski definition) is 4. The van der Waals surface area contributed by atoms with Crippen LogP contribution in [0.4, 0.5) is 4.79 Å². The van der Waals surface area contributed by atoms with E-state index in [1.807, 2.05) is 0 Å². The molecule has 234 valence electrons. The second-order valence-electron chi connectivity index (χ2n) is 11.7. The molecule has 0 radical (unpaired) electrons. The average molecular weight is 598 g/mol. The van der Waals surface area contributed by atoms with Gasteiger partial charge >= 0.3 is 12.1 Å². The van der Waals surface area contributed by atoms with E-state index in [4.69, 9.17) is 9.47 Å². The van der Waals surface area contributed by atoms with Gasteiger partial charge in [0.2, 0.25) is 11.8 Å². The van der Waals surface area contributed by atoms with Crippen LogP contribution >= 0.6 is 0 Å². The summed E-state index contributed by atoms with van der Waals surface area (Å²) in [7, 11) is 0. The second kappa shape index (κ2) is 14.8. The van der Waals surface area contributed by atoms with Crippen LogP contribution in [-0.2, 0) is 30.3 Å². The topological polar surface area (TPSA) is 154 Å². The third kappa shape index (κ3) is 9.62. The molecule has 1 saturated carbocycles. The summed E-state index contributed by atoms with van der Waals surface area (Å²) in [5, 5.41) is 25.4. The van der Waals surface area contributed by atoms with Crippen molar-refractivity contribution in [2.75, 3.05) is 13.2 Å². The highest BCUT2D eigenvalue weighted by Crippen LogP contribution is 2.35. The lowest BCUT2D eigenvalue weighted by Gasteiger charge is -2.43. The Balaban J connectivity index is 2.01. The Hall–Kier alpha value is -4.28. The molecule has 1 fully saturated rings. The zero-order chi connectivity index (χ0) is 31.7. The second-order valence-corrected chi connectivity index (χ2v) is 11.7. The number of phenolic OH excluding ortho intramolecular Hbond substituents is 2. The largest absolute Gasteiger partial charge is 0.508 e. The van der Waals surface area contributed by atoms with Gasteiger partial charge in [0.25, 0.3) is 0 Å². The van der Waals surface area contributed by atoms with E-state index in [2.05, 4.69) is 10.6 Å². The summed E-state index contributed by atoms with van der Waals surface area (Å²) in [6.45, 7) is 8.77. The van der Waals surface area contributed by atoms with Gasteiger partial charge in [-0.1, -0.05) is 18.2 Å². The molecule has 2 atom stereocenters. The van der Waals surface area contributed by atoms with Gasteiger partial charge in [-0.2, -0.15) is 0 Å². The SMILES string of the molecule is CCOC(=O)CCNC(=O)C(c1ccc(O)c(C)c1)N(C(=O)C(Cc1ccc(O)cc1)NC(=O)OC(C)(C)C)C1CCC1. The Kier molecular flexibility index (Phi) is 11.4. The Morgan fingerprint density at radius 2 is 1.72 bits per heavy atom. The average Bonchev–Trinajstić information content (AvgIpc) is 2.89. The van der Waals surface area contributed by atoms with Gasteiger partial charge in [-0.25, -0.2) is 4.79 Å². The molecule has 3 amide bonds. The van der Waals surface area contributed by atoms with E-state index in [0.717, 1.165) is 6.42 Å². The molecule has 2 aromatic rings. The number of hydrogen-bond acceptors (Lipinski definition) is 8. The lowest BCUT2D eigenvalue weighted by Crippen LogP contribution is -2.58. The van der Waals surface area contributed by atoms with Crippen molar-refractivity contribution in [3.05, 3.63) is 59.2 Å². The van der Waals surface area contributed by atoms with Gasteiger partial charge in [-0.15, -0.1) is 0 Å². The van der Waals surface area contributed by atoms with E-state index in [1.54, 1.807) is 58.9 Å². The van der Waals surface area contributed by atoms with Crippen LogP contribution in [0.1, 0.15) is 76.1 Å². The van der Waals surface area contributed by atoms with Crippen LogP contribution in [0.3, 0.4) is 0 Å². The van der Waals surface area contributed by atoms with Gasteiger partial charge in [0.05, 0.1) is 13.0 Å². The Bertz CT molecular complexity index is 1280. The van der Waals surface area contributed by atoms with E-state index in [9.17, 15) is 29.4 Å². The van der Waals surface area contributed by atoms with E-state index in [-0.39, 0.29) is 43.5 Å². The first kappa shape index (κ1) is 33.2. The van der Waals surface area contributed by atoms with Gasteiger partial charge in [-0.05, 0) is 94.8 Å². The minimum Gasteiger partial charge on any atom is -0.508 e. The summed E-state index contributed by atoms with van der Waals surface area (Å²) in [6, 6.07) is 8.51. The minimum atomic E-state index is -1.11. The van der Waals surface area contributed by atoms with Gasteiger partial charge in [0.15, 0.2) is 0 Å². The summed E-state index contributed by atoms with van der Waals surface area (Å²) in [5.41, 5.74) is 0.867. The lowest BCUT2D eigenvalue weighted by atomic mass is 9.87. The summed E-state index contributed by atoms with van der Waals surface area (Å²) >= 11 is 0. The Labute approximate surface area is 252 Å². The first-order valence-electron chi connectivity index (χ1n) is 14.6. The molecule has 4 N–H and O–H groups in total. The molecule has 0 aromatic heterocycles. The van der Waals surface area contributed by atoms with Crippen molar-refractivity contribution in [3.8, 4) is 11.5 Å². The van der Waals surface area contributed by atoms with Crippen LogP contribution in [0.25, 0.3) is 0 Å². The van der Waals surface area contributed by atoms with Gasteiger partial charge in [-0.3, -0.25) is 14.4 Å². The molecule has 0 bridgehead atoms. The van der Waals surface area contributed by atoms with Gasteiger partial charge in [0.1, 0.15) is 29.2 Å². The van der Waals surface area contributed by atoms with Crippen molar-refractivity contribution in [1.82, 2.24) is 15.5 Å². The van der Waals surface area contributed by atoms with Gasteiger partial charge in [0, 0.05) is 19.0 Å². The molecule has 0 aliphatic heterocycles. The third-order valence-electron chi connectivity index (χ3n) is 7.08. The highest BCUT2D eigenvalue weighted by atomic mass is 16.6. The molecular weight excluding hydrogens is 554 g/mol. The minimum absolute atomic E-state index is 0.00499. The number of benzene rings is 2. The number of phenols is 2. The third-order valence-corrected chi connectivity index (χ3v) is 7.08. The number of aryl methyl sites for hydroxylation is 1. The maximum absolute atomic E-state index is 14.5. The maximum atomic E-state index is 14.5. The van der Waals surface area contributed by atoms with Crippen molar-refractivity contribution < 1.29 is 38.9 Å². The van der Waals surface area contributed by atoms with Gasteiger partial charge < -0.3 is 35.2 Å². The standard InChI is InChI=1S/C32H43N3O8/c1-6-42-27(38)16-17-33-29(39)28(22-12-15-26(37)20(2)18-22)35(23-8-7-9-23)30(40)25(34-31(41)43-32(3,4)5)19-21-10-13-24(36)14-11-21/h10-15,18,23,25,28,36-37H,6-9,16-17,19H2,1-5H3,(H,33,39)(H,34,41). The molecule has 0 heterocycles. The zero-order valence-corrected chi connectivity index (χ0v) is 25.5. The van der Waals surface area contributed by atoms with Crippen LogP contribution in [0.5, 0.6) is 11.5 Å². The molecule has 2 unspecified atom stereocenters. The molecule has 2 aromatic carbocycles. The summed E-state index contributed by atoms with van der Waals surface area (Å²) < 4.78 is 10.4. The van der Waals surface area contributed by atoms with Crippen LogP contribution in [-0.4, -0.2) is 69.8 Å². The number of esters is 1. The maximum Gasteiger partial charge on any atom is 0.408 e. The fourth-order valence-electron chi connectivity index (χ4n) is 4.79. The number of alkyl carbamates (subject to hydrolysis) is 1. The number of ether oxygens (including phenoxy) is 2. The van der Waals surface area contributed by atoms with Crippen molar-refractivity contribution in [2.45, 2.75) is 90.4 Å². The van der Waals surface area contributed by atoms with E-state index in [1.165, 1.54) is 23.1 Å². The summed E-state index contributed by atoms with van der Waals surface area (Å²) in [6.07, 6.45) is 1.44. The molecular formula is C32H43N3O8. The number of rotatable bonds is 12. The highest BCUT2D eigenvalue weighted by molar-refractivity contribution is 5.93. The molecule has 3 rings (SSSR count). The van der Waals surface area contributed by atoms with E-state index >= 15 is 0 Å². The van der Waals surface area contributed by atoms with Crippen molar-refractivity contribution in [1.29, 1.82) is 0 Å². The number of carbonyl (C=O) groups is 4. The highest BCUT2D eigenvalue weighted by Gasteiger charge is 2.42.